The summed E-state index contributed by atoms with van der Waals surface area (Å²) in [5.41, 5.74) is 2.82. The first-order valence-electron chi connectivity index (χ1n) is 7.59. The second-order valence-corrected chi connectivity index (χ2v) is 6.19. The van der Waals surface area contributed by atoms with Crippen LogP contribution in [0, 0.1) is 0 Å². The van der Waals surface area contributed by atoms with Crippen molar-refractivity contribution in [3.05, 3.63) is 35.4 Å². The van der Waals surface area contributed by atoms with Crippen molar-refractivity contribution in [2.75, 3.05) is 20.6 Å². The SMILES string of the molecule is CNC(CN(C)C1CCC1)c1ccc(C(C)C)cc1. The van der Waals surface area contributed by atoms with Crippen LogP contribution in [0.5, 0.6) is 0 Å². The molecule has 1 fully saturated rings. The largest absolute Gasteiger partial charge is 0.312 e. The Kier molecular flexibility index (Phi) is 5.00. The van der Waals surface area contributed by atoms with Crippen LogP contribution in [0.1, 0.15) is 56.2 Å². The Labute approximate surface area is 118 Å². The number of nitrogens with zero attached hydrogens (tertiary/aromatic N) is 1. The molecule has 19 heavy (non-hydrogen) atoms. The van der Waals surface area contributed by atoms with Crippen molar-refractivity contribution >= 4 is 0 Å². The van der Waals surface area contributed by atoms with Crippen LogP contribution >= 0.6 is 0 Å². The summed E-state index contributed by atoms with van der Waals surface area (Å²) < 4.78 is 0. The number of benzene rings is 1. The van der Waals surface area contributed by atoms with E-state index in [1.807, 2.05) is 0 Å². The molecule has 0 heterocycles. The van der Waals surface area contributed by atoms with Crippen molar-refractivity contribution in [1.29, 1.82) is 0 Å². The molecule has 0 bridgehead atoms. The number of rotatable bonds is 6. The highest BCUT2D eigenvalue weighted by Gasteiger charge is 2.24. The molecule has 1 atom stereocenters. The summed E-state index contributed by atoms with van der Waals surface area (Å²) >= 11 is 0. The van der Waals surface area contributed by atoms with Gasteiger partial charge in [-0.2, -0.15) is 0 Å². The summed E-state index contributed by atoms with van der Waals surface area (Å²) in [5.74, 6) is 0.611. The predicted molar refractivity (Wildman–Crippen MR) is 82.6 cm³/mol. The molecule has 0 aliphatic heterocycles. The lowest BCUT2D eigenvalue weighted by molar-refractivity contribution is 0.147. The van der Waals surface area contributed by atoms with Crippen molar-refractivity contribution < 1.29 is 0 Å². The Bertz CT molecular complexity index is 379. The average Bonchev–Trinajstić information content (AvgIpc) is 2.34. The molecule has 106 valence electrons. The van der Waals surface area contributed by atoms with Gasteiger partial charge in [0.25, 0.3) is 0 Å². The maximum absolute atomic E-state index is 3.46. The van der Waals surface area contributed by atoms with Crippen LogP contribution in [0.2, 0.25) is 0 Å². The Balaban J connectivity index is 1.99. The Morgan fingerprint density at radius 2 is 1.74 bits per heavy atom. The van der Waals surface area contributed by atoms with Gasteiger partial charge < -0.3 is 10.2 Å². The molecule has 1 N–H and O–H groups in total. The number of likely N-dealkylation sites (N-methyl/N-ethyl adjacent to an activating group) is 2. The molecule has 0 amide bonds. The summed E-state index contributed by atoms with van der Waals surface area (Å²) in [6.07, 6.45) is 4.15. The van der Waals surface area contributed by atoms with E-state index in [9.17, 15) is 0 Å². The number of hydrogen-bond acceptors (Lipinski definition) is 2. The van der Waals surface area contributed by atoms with Gasteiger partial charge in [0.2, 0.25) is 0 Å². The summed E-state index contributed by atoms with van der Waals surface area (Å²) in [4.78, 5) is 2.51. The lowest BCUT2D eigenvalue weighted by atomic mass is 9.91. The fourth-order valence-electron chi connectivity index (χ4n) is 2.74. The summed E-state index contributed by atoms with van der Waals surface area (Å²) in [5, 5.41) is 3.46. The Morgan fingerprint density at radius 3 is 2.16 bits per heavy atom. The molecule has 2 heteroatoms. The van der Waals surface area contributed by atoms with Crippen LogP contribution in [-0.2, 0) is 0 Å². The third kappa shape index (κ3) is 3.58. The topological polar surface area (TPSA) is 15.3 Å². The van der Waals surface area contributed by atoms with Crippen molar-refractivity contribution in [1.82, 2.24) is 10.2 Å². The normalized spacial score (nSPS) is 17.8. The van der Waals surface area contributed by atoms with Gasteiger partial charge in [-0.15, -0.1) is 0 Å². The number of hydrogen-bond donors (Lipinski definition) is 1. The van der Waals surface area contributed by atoms with E-state index in [2.05, 4.69) is 62.4 Å². The molecule has 1 aliphatic rings. The molecule has 0 radical (unpaired) electrons. The van der Waals surface area contributed by atoms with Crippen molar-refractivity contribution in [3.63, 3.8) is 0 Å². The highest BCUT2D eigenvalue weighted by atomic mass is 15.2. The van der Waals surface area contributed by atoms with Crippen molar-refractivity contribution in [2.24, 2.45) is 0 Å². The molecular formula is C17H28N2. The second-order valence-electron chi connectivity index (χ2n) is 6.19. The third-order valence-corrected chi connectivity index (χ3v) is 4.52. The zero-order valence-electron chi connectivity index (χ0n) is 12.8. The maximum Gasteiger partial charge on any atom is 0.0446 e. The van der Waals surface area contributed by atoms with E-state index in [-0.39, 0.29) is 0 Å². The quantitative estimate of drug-likeness (QED) is 0.841. The molecular weight excluding hydrogens is 232 g/mol. The van der Waals surface area contributed by atoms with Crippen molar-refractivity contribution in [2.45, 2.75) is 51.1 Å². The average molecular weight is 260 g/mol. The van der Waals surface area contributed by atoms with Gasteiger partial charge in [-0.3, -0.25) is 0 Å². The second kappa shape index (κ2) is 6.53. The van der Waals surface area contributed by atoms with Gasteiger partial charge in [0, 0.05) is 18.6 Å². The van der Waals surface area contributed by atoms with Gasteiger partial charge in [-0.25, -0.2) is 0 Å². The van der Waals surface area contributed by atoms with Gasteiger partial charge >= 0.3 is 0 Å². The van der Waals surface area contributed by atoms with E-state index in [1.165, 1.54) is 30.4 Å². The van der Waals surface area contributed by atoms with Gasteiger partial charge in [-0.1, -0.05) is 44.5 Å². The van der Waals surface area contributed by atoms with E-state index in [0.717, 1.165) is 12.6 Å². The van der Waals surface area contributed by atoms with Crippen molar-refractivity contribution in [3.8, 4) is 0 Å². The molecule has 2 nitrogen and oxygen atoms in total. The standard InChI is InChI=1S/C17H28N2/c1-13(2)14-8-10-15(11-9-14)17(18-3)12-19(4)16-6-5-7-16/h8-11,13,16-18H,5-7,12H2,1-4H3. The molecule has 1 unspecified atom stereocenters. The Hall–Kier alpha value is -0.860. The molecule has 0 aromatic heterocycles. The van der Waals surface area contributed by atoms with Crippen LogP contribution < -0.4 is 5.32 Å². The van der Waals surface area contributed by atoms with Gasteiger partial charge in [0.1, 0.15) is 0 Å². The summed E-state index contributed by atoms with van der Waals surface area (Å²) in [6.45, 7) is 5.59. The summed E-state index contributed by atoms with van der Waals surface area (Å²) in [6, 6.07) is 10.4. The van der Waals surface area contributed by atoms with Crippen LogP contribution in [0.4, 0.5) is 0 Å². The number of nitrogens with one attached hydrogen (secondary N) is 1. The highest BCUT2D eigenvalue weighted by molar-refractivity contribution is 5.27. The first kappa shape index (κ1) is 14.5. The van der Waals surface area contributed by atoms with Crippen LogP contribution in [0.25, 0.3) is 0 Å². The first-order valence-corrected chi connectivity index (χ1v) is 7.59. The van der Waals surface area contributed by atoms with Gasteiger partial charge in [-0.05, 0) is 44.0 Å². The first-order chi connectivity index (χ1) is 9.11. The van der Waals surface area contributed by atoms with E-state index in [1.54, 1.807) is 0 Å². The molecule has 1 saturated carbocycles. The molecule has 1 aromatic rings. The third-order valence-electron chi connectivity index (χ3n) is 4.52. The zero-order valence-corrected chi connectivity index (χ0v) is 12.8. The van der Waals surface area contributed by atoms with Crippen LogP contribution in [-0.4, -0.2) is 31.6 Å². The predicted octanol–water partition coefficient (Wildman–Crippen LogP) is 3.55. The molecule has 0 saturated heterocycles. The van der Waals surface area contributed by atoms with E-state index in [4.69, 9.17) is 0 Å². The Morgan fingerprint density at radius 1 is 1.16 bits per heavy atom. The lowest BCUT2D eigenvalue weighted by Crippen LogP contribution is -2.41. The monoisotopic (exact) mass is 260 g/mol. The molecule has 2 rings (SSSR count). The smallest absolute Gasteiger partial charge is 0.0446 e. The molecule has 1 aromatic carbocycles. The van der Waals surface area contributed by atoms with E-state index >= 15 is 0 Å². The fraction of sp³-hybridized carbons (Fsp3) is 0.647. The highest BCUT2D eigenvalue weighted by Crippen LogP contribution is 2.26. The lowest BCUT2D eigenvalue weighted by Gasteiger charge is -2.37. The van der Waals surface area contributed by atoms with E-state index < -0.39 is 0 Å². The van der Waals surface area contributed by atoms with Gasteiger partial charge in [0.15, 0.2) is 0 Å². The zero-order chi connectivity index (χ0) is 13.8. The molecule has 0 spiro atoms. The minimum atomic E-state index is 0.437. The minimum absolute atomic E-state index is 0.437. The fourth-order valence-corrected chi connectivity index (χ4v) is 2.74. The maximum atomic E-state index is 3.46. The van der Waals surface area contributed by atoms with Crippen LogP contribution in [0.3, 0.4) is 0 Å². The minimum Gasteiger partial charge on any atom is -0.312 e. The van der Waals surface area contributed by atoms with Gasteiger partial charge in [0.05, 0.1) is 0 Å². The van der Waals surface area contributed by atoms with Crippen LogP contribution in [0.15, 0.2) is 24.3 Å². The summed E-state index contributed by atoms with van der Waals surface area (Å²) in [7, 11) is 4.33. The van der Waals surface area contributed by atoms with E-state index in [0.29, 0.717) is 12.0 Å². The molecule has 1 aliphatic carbocycles.